The number of esters is 3. The first kappa shape index (κ1) is 65.1. The maximum Gasteiger partial charge on any atom is 0.306 e. The molecule has 67 heavy (non-hydrogen) atoms. The zero-order valence-corrected chi connectivity index (χ0v) is 45.5. The van der Waals surface area contributed by atoms with E-state index in [1.165, 1.54) is 238 Å². The minimum atomic E-state index is -0.768. The Morgan fingerprint density at radius 3 is 0.746 bits per heavy atom. The Balaban J connectivity index is 4.31. The van der Waals surface area contributed by atoms with Gasteiger partial charge in [0, 0.05) is 19.3 Å². The quantitative estimate of drug-likeness (QED) is 0.0262. The summed E-state index contributed by atoms with van der Waals surface area (Å²) in [6, 6.07) is 0. The highest BCUT2D eigenvalue weighted by Crippen LogP contribution is 2.18. The Hall–Kier alpha value is -1.85. The molecular weight excluding hydrogens is 829 g/mol. The van der Waals surface area contributed by atoms with Crippen LogP contribution in [0.15, 0.2) is 12.2 Å². The number of allylic oxidation sites excluding steroid dienone is 2. The molecule has 6 nitrogen and oxygen atoms in total. The fraction of sp³-hybridized carbons (Fsp3) is 0.918. The molecule has 0 saturated carbocycles. The van der Waals surface area contributed by atoms with Crippen molar-refractivity contribution in [3.8, 4) is 0 Å². The Kier molecular flexibility index (Phi) is 55.2. The number of ether oxygens (including phenoxy) is 3. The largest absolute Gasteiger partial charge is 0.462 e. The Morgan fingerprint density at radius 2 is 0.493 bits per heavy atom. The first-order valence-corrected chi connectivity index (χ1v) is 30.2. The van der Waals surface area contributed by atoms with Gasteiger partial charge in [0.05, 0.1) is 0 Å². The predicted molar refractivity (Wildman–Crippen MR) is 289 cm³/mol. The average Bonchev–Trinajstić information content (AvgIpc) is 3.33. The van der Waals surface area contributed by atoms with Crippen molar-refractivity contribution in [3.63, 3.8) is 0 Å². The van der Waals surface area contributed by atoms with Gasteiger partial charge in [-0.3, -0.25) is 14.4 Å². The van der Waals surface area contributed by atoms with Crippen LogP contribution in [0, 0.1) is 0 Å². The molecule has 6 heteroatoms. The topological polar surface area (TPSA) is 78.9 Å². The second-order valence-electron chi connectivity index (χ2n) is 20.6. The smallest absolute Gasteiger partial charge is 0.306 e. The van der Waals surface area contributed by atoms with E-state index in [0.29, 0.717) is 19.3 Å². The summed E-state index contributed by atoms with van der Waals surface area (Å²) in [6.07, 6.45) is 64.9. The normalized spacial score (nSPS) is 12.0. The lowest BCUT2D eigenvalue weighted by Crippen LogP contribution is -2.30. The molecule has 0 amide bonds. The zero-order chi connectivity index (χ0) is 48.6. The van der Waals surface area contributed by atoms with Crippen LogP contribution in [0.5, 0.6) is 0 Å². The van der Waals surface area contributed by atoms with Gasteiger partial charge in [0.1, 0.15) is 13.2 Å². The summed E-state index contributed by atoms with van der Waals surface area (Å²) < 4.78 is 16.9. The molecule has 0 radical (unpaired) electrons. The van der Waals surface area contributed by atoms with Gasteiger partial charge in [-0.05, 0) is 44.9 Å². The maximum atomic E-state index is 12.9. The standard InChI is InChI=1S/C61H116O6/c1-4-7-10-13-16-19-22-25-28-30-33-36-39-42-45-48-51-54-60(63)66-57-58(56-65-59(62)53-50-47-44-41-38-35-32-27-24-21-18-15-12-9-6-3)67-61(64)55-52-49-46-43-40-37-34-31-29-26-23-20-17-14-11-8-5-2/h27,32,58H,4-26,28-31,33-57H2,1-3H3. The molecule has 396 valence electrons. The van der Waals surface area contributed by atoms with Crippen molar-refractivity contribution in [2.24, 2.45) is 0 Å². The van der Waals surface area contributed by atoms with Crippen LogP contribution in [0.25, 0.3) is 0 Å². The highest BCUT2D eigenvalue weighted by atomic mass is 16.6. The Morgan fingerprint density at radius 1 is 0.284 bits per heavy atom. The number of rotatable bonds is 56. The lowest BCUT2D eigenvalue weighted by atomic mass is 10.0. The Labute approximate surface area is 418 Å². The molecule has 0 N–H and O–H groups in total. The number of hydrogen-bond donors (Lipinski definition) is 0. The monoisotopic (exact) mass is 945 g/mol. The summed E-state index contributed by atoms with van der Waals surface area (Å²) in [7, 11) is 0. The van der Waals surface area contributed by atoms with Gasteiger partial charge in [-0.25, -0.2) is 0 Å². The first-order chi connectivity index (χ1) is 33.0. The van der Waals surface area contributed by atoms with Crippen molar-refractivity contribution in [1.82, 2.24) is 0 Å². The summed E-state index contributed by atoms with van der Waals surface area (Å²) in [6.45, 7) is 6.70. The van der Waals surface area contributed by atoms with E-state index in [4.69, 9.17) is 14.2 Å². The van der Waals surface area contributed by atoms with Gasteiger partial charge in [0.25, 0.3) is 0 Å². The van der Waals surface area contributed by atoms with Crippen molar-refractivity contribution >= 4 is 17.9 Å². The lowest BCUT2D eigenvalue weighted by Gasteiger charge is -2.18. The molecule has 0 fully saturated rings. The third-order valence-electron chi connectivity index (χ3n) is 13.8. The van der Waals surface area contributed by atoms with Crippen LogP contribution >= 0.6 is 0 Å². The highest BCUT2D eigenvalue weighted by molar-refractivity contribution is 5.71. The van der Waals surface area contributed by atoms with Crippen molar-refractivity contribution < 1.29 is 28.6 Å². The van der Waals surface area contributed by atoms with E-state index in [-0.39, 0.29) is 31.1 Å². The van der Waals surface area contributed by atoms with Crippen molar-refractivity contribution in [2.75, 3.05) is 13.2 Å². The summed E-state index contributed by atoms with van der Waals surface area (Å²) in [4.78, 5) is 38.2. The third kappa shape index (κ3) is 55.0. The van der Waals surface area contributed by atoms with Gasteiger partial charge in [-0.1, -0.05) is 290 Å². The molecule has 0 aromatic carbocycles. The number of unbranched alkanes of at least 4 members (excludes halogenated alkanes) is 43. The summed E-state index contributed by atoms with van der Waals surface area (Å²) in [5, 5.41) is 0. The van der Waals surface area contributed by atoms with Crippen LogP contribution in [-0.4, -0.2) is 37.2 Å². The molecule has 0 aliphatic rings. The molecular formula is C61H116O6. The summed E-state index contributed by atoms with van der Waals surface area (Å²) in [5.74, 6) is -0.847. The molecule has 0 aliphatic heterocycles. The van der Waals surface area contributed by atoms with E-state index < -0.39 is 6.10 Å². The van der Waals surface area contributed by atoms with Crippen molar-refractivity contribution in [3.05, 3.63) is 12.2 Å². The van der Waals surface area contributed by atoms with Crippen molar-refractivity contribution in [2.45, 2.75) is 348 Å². The van der Waals surface area contributed by atoms with Crippen LogP contribution in [0.1, 0.15) is 342 Å². The number of carbonyl (C=O) groups excluding carboxylic acids is 3. The molecule has 0 saturated heterocycles. The lowest BCUT2D eigenvalue weighted by molar-refractivity contribution is -0.167. The molecule has 0 bridgehead atoms. The fourth-order valence-electron chi connectivity index (χ4n) is 9.21. The van der Waals surface area contributed by atoms with Crippen LogP contribution in [-0.2, 0) is 28.6 Å². The second kappa shape index (κ2) is 56.7. The minimum absolute atomic E-state index is 0.0662. The van der Waals surface area contributed by atoms with Gasteiger partial charge in [0.2, 0.25) is 0 Å². The molecule has 0 rings (SSSR count). The van der Waals surface area contributed by atoms with E-state index in [0.717, 1.165) is 64.2 Å². The average molecular weight is 946 g/mol. The molecule has 0 aromatic heterocycles. The van der Waals surface area contributed by atoms with E-state index in [1.807, 2.05) is 0 Å². The maximum absolute atomic E-state index is 12.9. The minimum Gasteiger partial charge on any atom is -0.462 e. The SMILES string of the molecule is CCCCCCCCC=CCCCCCCCC(=O)OCC(COC(=O)CCCCCCCCCCCCCCCCCCC)OC(=O)CCCCCCCCCCCCCCCCCCC. The van der Waals surface area contributed by atoms with Crippen LogP contribution in [0.4, 0.5) is 0 Å². The summed E-state index contributed by atoms with van der Waals surface area (Å²) >= 11 is 0. The first-order valence-electron chi connectivity index (χ1n) is 30.2. The summed E-state index contributed by atoms with van der Waals surface area (Å²) in [5.41, 5.74) is 0. The van der Waals surface area contributed by atoms with Gasteiger partial charge in [0.15, 0.2) is 6.10 Å². The molecule has 1 atom stereocenters. The fourth-order valence-corrected chi connectivity index (χ4v) is 9.21. The Bertz CT molecular complexity index is 1040. The molecule has 0 heterocycles. The van der Waals surface area contributed by atoms with E-state index in [9.17, 15) is 14.4 Å². The van der Waals surface area contributed by atoms with E-state index in [2.05, 4.69) is 32.9 Å². The molecule has 0 spiro atoms. The number of hydrogen-bond acceptors (Lipinski definition) is 6. The number of carbonyl (C=O) groups is 3. The van der Waals surface area contributed by atoms with E-state index in [1.54, 1.807) is 0 Å². The van der Waals surface area contributed by atoms with Crippen LogP contribution in [0.3, 0.4) is 0 Å². The zero-order valence-electron chi connectivity index (χ0n) is 45.5. The van der Waals surface area contributed by atoms with Gasteiger partial charge < -0.3 is 14.2 Å². The molecule has 1 unspecified atom stereocenters. The third-order valence-corrected chi connectivity index (χ3v) is 13.8. The van der Waals surface area contributed by atoms with Gasteiger partial charge in [-0.2, -0.15) is 0 Å². The van der Waals surface area contributed by atoms with Crippen LogP contribution in [0.2, 0.25) is 0 Å². The molecule has 0 aliphatic carbocycles. The van der Waals surface area contributed by atoms with Crippen LogP contribution < -0.4 is 0 Å². The molecule has 0 aromatic rings. The van der Waals surface area contributed by atoms with Gasteiger partial charge >= 0.3 is 17.9 Å². The van der Waals surface area contributed by atoms with Crippen molar-refractivity contribution in [1.29, 1.82) is 0 Å². The second-order valence-corrected chi connectivity index (χ2v) is 20.6. The predicted octanol–water partition coefficient (Wildman–Crippen LogP) is 20.1. The van der Waals surface area contributed by atoms with Gasteiger partial charge in [-0.15, -0.1) is 0 Å². The highest BCUT2D eigenvalue weighted by Gasteiger charge is 2.19. The van der Waals surface area contributed by atoms with E-state index >= 15 is 0 Å².